The first-order valence-corrected chi connectivity index (χ1v) is 5.58. The Labute approximate surface area is 108 Å². The summed E-state index contributed by atoms with van der Waals surface area (Å²) >= 11 is 0. The number of halogens is 3. The smallest absolute Gasteiger partial charge is 0.406 e. The predicted octanol–water partition coefficient (Wildman–Crippen LogP) is 3.38. The van der Waals surface area contributed by atoms with Gasteiger partial charge in [-0.05, 0) is 19.1 Å². The Bertz CT molecular complexity index is 480. The van der Waals surface area contributed by atoms with Crippen LogP contribution in [0.4, 0.5) is 13.2 Å². The van der Waals surface area contributed by atoms with Crippen molar-refractivity contribution in [3.05, 3.63) is 29.8 Å². The maximum absolute atomic E-state index is 12.1. The van der Waals surface area contributed by atoms with Gasteiger partial charge >= 0.3 is 6.36 Å². The first-order valence-electron chi connectivity index (χ1n) is 5.58. The predicted molar refractivity (Wildman–Crippen MR) is 61.9 cm³/mol. The molecule has 0 bridgehead atoms. The molecule has 1 aromatic carbocycles. The molecule has 0 amide bonds. The van der Waals surface area contributed by atoms with Gasteiger partial charge in [-0.3, -0.25) is 4.79 Å². The molecule has 1 aromatic rings. The van der Waals surface area contributed by atoms with Crippen LogP contribution in [0.25, 0.3) is 0 Å². The lowest BCUT2D eigenvalue weighted by Crippen LogP contribution is -2.18. The van der Waals surface area contributed by atoms with Gasteiger partial charge in [-0.15, -0.1) is 13.2 Å². The molecule has 1 unspecified atom stereocenters. The van der Waals surface area contributed by atoms with E-state index in [9.17, 15) is 22.8 Å². The van der Waals surface area contributed by atoms with Crippen LogP contribution in [-0.2, 0) is 4.79 Å². The Kier molecular flexibility index (Phi) is 4.69. The summed E-state index contributed by atoms with van der Waals surface area (Å²) in [5.74, 6) is -1.56. The van der Waals surface area contributed by atoms with Gasteiger partial charge in [-0.1, -0.05) is 19.1 Å². The molecule has 3 nitrogen and oxygen atoms in total. The van der Waals surface area contributed by atoms with Crippen molar-refractivity contribution in [2.45, 2.75) is 26.6 Å². The summed E-state index contributed by atoms with van der Waals surface area (Å²) in [5.41, 5.74) is 0.0931. The van der Waals surface area contributed by atoms with Crippen molar-refractivity contribution in [3.63, 3.8) is 0 Å². The number of alkyl halides is 3. The van der Waals surface area contributed by atoms with Crippen molar-refractivity contribution in [1.82, 2.24) is 0 Å². The fraction of sp³-hybridized carbons (Fsp3) is 0.385. The molecule has 0 radical (unpaired) electrons. The molecule has 0 spiro atoms. The number of carbonyl (C=O) groups is 2. The van der Waals surface area contributed by atoms with Crippen LogP contribution in [0.2, 0.25) is 0 Å². The molecule has 0 aromatic heterocycles. The lowest BCUT2D eigenvalue weighted by atomic mass is 9.95. The minimum atomic E-state index is -4.80. The van der Waals surface area contributed by atoms with Crippen LogP contribution in [-0.4, -0.2) is 17.9 Å². The number of carbonyl (C=O) groups excluding carboxylic acids is 2. The SMILES string of the molecule is CC(=O)CC(C)C(=O)c1cccc(OC(F)(F)F)c1. The van der Waals surface area contributed by atoms with E-state index in [1.165, 1.54) is 19.1 Å². The van der Waals surface area contributed by atoms with Gasteiger partial charge in [-0.2, -0.15) is 0 Å². The molecular formula is C13H13F3O3. The largest absolute Gasteiger partial charge is 0.573 e. The van der Waals surface area contributed by atoms with Crippen molar-refractivity contribution in [2.24, 2.45) is 5.92 Å². The first kappa shape index (κ1) is 15.2. The number of hydrogen-bond acceptors (Lipinski definition) is 3. The van der Waals surface area contributed by atoms with Crippen molar-refractivity contribution < 1.29 is 27.5 Å². The number of ether oxygens (including phenoxy) is 1. The van der Waals surface area contributed by atoms with Crippen molar-refractivity contribution in [3.8, 4) is 5.75 Å². The van der Waals surface area contributed by atoms with Crippen LogP contribution in [0.15, 0.2) is 24.3 Å². The summed E-state index contributed by atoms with van der Waals surface area (Å²) in [6.45, 7) is 2.91. The number of Topliss-reactive ketones (excluding diaryl/α,β-unsaturated/α-hetero) is 2. The van der Waals surface area contributed by atoms with Crippen molar-refractivity contribution in [2.75, 3.05) is 0 Å². The summed E-state index contributed by atoms with van der Waals surface area (Å²) < 4.78 is 39.9. The molecule has 0 aliphatic carbocycles. The summed E-state index contributed by atoms with van der Waals surface area (Å²) in [6.07, 6.45) is -4.74. The maximum atomic E-state index is 12.1. The zero-order valence-electron chi connectivity index (χ0n) is 10.5. The standard InChI is InChI=1S/C13H13F3O3/c1-8(6-9(2)17)12(18)10-4-3-5-11(7-10)19-13(14,15)16/h3-5,7-8H,6H2,1-2H3. The van der Waals surface area contributed by atoms with Crippen LogP contribution in [0, 0.1) is 5.92 Å². The minimum absolute atomic E-state index is 0.0587. The Morgan fingerprint density at radius 1 is 1.32 bits per heavy atom. The molecular weight excluding hydrogens is 261 g/mol. The van der Waals surface area contributed by atoms with E-state index in [-0.39, 0.29) is 23.6 Å². The third-order valence-electron chi connectivity index (χ3n) is 2.39. The maximum Gasteiger partial charge on any atom is 0.573 e. The zero-order chi connectivity index (χ0) is 14.6. The highest BCUT2D eigenvalue weighted by Crippen LogP contribution is 2.24. The second-order valence-corrected chi connectivity index (χ2v) is 4.25. The topological polar surface area (TPSA) is 43.4 Å². The Hall–Kier alpha value is -1.85. The van der Waals surface area contributed by atoms with Gasteiger partial charge in [0.1, 0.15) is 11.5 Å². The molecule has 0 saturated carbocycles. The van der Waals surface area contributed by atoms with Gasteiger partial charge in [-0.25, -0.2) is 0 Å². The molecule has 1 atom stereocenters. The summed E-state index contributed by atoms with van der Waals surface area (Å²) in [4.78, 5) is 22.8. The van der Waals surface area contributed by atoms with Crippen molar-refractivity contribution >= 4 is 11.6 Å². The fourth-order valence-electron chi connectivity index (χ4n) is 1.65. The molecule has 0 saturated heterocycles. The normalized spacial score (nSPS) is 12.9. The van der Waals surface area contributed by atoms with E-state index >= 15 is 0 Å². The monoisotopic (exact) mass is 274 g/mol. The second kappa shape index (κ2) is 5.86. The molecule has 0 fully saturated rings. The Morgan fingerprint density at radius 3 is 2.47 bits per heavy atom. The van der Waals surface area contributed by atoms with E-state index in [4.69, 9.17) is 0 Å². The van der Waals surface area contributed by atoms with E-state index in [1.54, 1.807) is 6.92 Å². The quantitative estimate of drug-likeness (QED) is 0.773. The van der Waals surface area contributed by atoms with Gasteiger partial charge in [0.15, 0.2) is 5.78 Å². The van der Waals surface area contributed by atoms with Crippen LogP contribution in [0.5, 0.6) is 5.75 Å². The lowest BCUT2D eigenvalue weighted by Gasteiger charge is -2.11. The molecule has 0 aliphatic rings. The highest BCUT2D eigenvalue weighted by Gasteiger charge is 2.31. The Balaban J connectivity index is 2.87. The summed E-state index contributed by atoms with van der Waals surface area (Å²) in [5, 5.41) is 0. The fourth-order valence-corrected chi connectivity index (χ4v) is 1.65. The number of benzene rings is 1. The minimum Gasteiger partial charge on any atom is -0.406 e. The van der Waals surface area contributed by atoms with E-state index in [1.807, 2.05) is 0 Å². The number of rotatable bonds is 5. The molecule has 19 heavy (non-hydrogen) atoms. The van der Waals surface area contributed by atoms with Gasteiger partial charge in [0, 0.05) is 17.9 Å². The van der Waals surface area contributed by atoms with Crippen LogP contribution >= 0.6 is 0 Å². The van der Waals surface area contributed by atoms with E-state index in [0.717, 1.165) is 12.1 Å². The van der Waals surface area contributed by atoms with Crippen LogP contribution in [0.3, 0.4) is 0 Å². The average Bonchev–Trinajstić information content (AvgIpc) is 2.25. The average molecular weight is 274 g/mol. The highest BCUT2D eigenvalue weighted by molar-refractivity contribution is 5.99. The van der Waals surface area contributed by atoms with E-state index in [0.29, 0.717) is 0 Å². The van der Waals surface area contributed by atoms with Crippen LogP contribution < -0.4 is 4.74 Å². The van der Waals surface area contributed by atoms with Gasteiger partial charge in [0.2, 0.25) is 0 Å². The zero-order valence-corrected chi connectivity index (χ0v) is 10.5. The van der Waals surface area contributed by atoms with Gasteiger partial charge in [0.05, 0.1) is 0 Å². The molecule has 0 heterocycles. The van der Waals surface area contributed by atoms with Crippen molar-refractivity contribution in [1.29, 1.82) is 0 Å². The first-order chi connectivity index (χ1) is 8.69. The molecule has 0 aliphatic heterocycles. The molecule has 6 heteroatoms. The second-order valence-electron chi connectivity index (χ2n) is 4.25. The third-order valence-corrected chi connectivity index (χ3v) is 2.39. The number of hydrogen-bond donors (Lipinski definition) is 0. The Morgan fingerprint density at radius 2 is 1.95 bits per heavy atom. The highest BCUT2D eigenvalue weighted by atomic mass is 19.4. The third kappa shape index (κ3) is 5.11. The van der Waals surface area contributed by atoms with Gasteiger partial charge in [0.25, 0.3) is 0 Å². The van der Waals surface area contributed by atoms with E-state index < -0.39 is 18.0 Å². The number of ketones is 2. The summed E-state index contributed by atoms with van der Waals surface area (Å²) in [7, 11) is 0. The molecule has 104 valence electrons. The van der Waals surface area contributed by atoms with Gasteiger partial charge < -0.3 is 9.53 Å². The lowest BCUT2D eigenvalue weighted by molar-refractivity contribution is -0.274. The molecule has 1 rings (SSSR count). The molecule has 0 N–H and O–H groups in total. The summed E-state index contributed by atoms with van der Waals surface area (Å²) in [6, 6.07) is 4.82. The van der Waals surface area contributed by atoms with E-state index in [2.05, 4.69) is 4.74 Å². The van der Waals surface area contributed by atoms with Crippen LogP contribution in [0.1, 0.15) is 30.6 Å².